The largest absolute Gasteiger partial charge is 0.465 e. The molecule has 0 aliphatic heterocycles. The SMILES string of the molecule is COC(=O)c1cc2ccccc2c2cccnc12. The molecule has 0 aliphatic carbocycles. The van der Waals surface area contributed by atoms with E-state index in [2.05, 4.69) is 4.98 Å². The van der Waals surface area contributed by atoms with Crippen LogP contribution >= 0.6 is 0 Å². The molecule has 1 heterocycles. The van der Waals surface area contributed by atoms with Crippen molar-refractivity contribution in [3.63, 3.8) is 0 Å². The molecule has 0 fully saturated rings. The first-order chi connectivity index (χ1) is 8.81. The first-order valence-corrected chi connectivity index (χ1v) is 5.66. The first kappa shape index (κ1) is 10.7. The van der Waals surface area contributed by atoms with Crippen LogP contribution in [0.2, 0.25) is 0 Å². The Bertz CT molecular complexity index is 750. The lowest BCUT2D eigenvalue weighted by Crippen LogP contribution is -2.03. The number of rotatable bonds is 1. The Morgan fingerprint density at radius 1 is 1.11 bits per heavy atom. The minimum Gasteiger partial charge on any atom is -0.465 e. The summed E-state index contributed by atoms with van der Waals surface area (Å²) in [6, 6.07) is 13.6. The fourth-order valence-electron chi connectivity index (χ4n) is 2.19. The highest BCUT2D eigenvalue weighted by Crippen LogP contribution is 2.27. The lowest BCUT2D eigenvalue weighted by molar-refractivity contribution is 0.0603. The molecule has 0 radical (unpaired) electrons. The first-order valence-electron chi connectivity index (χ1n) is 5.66. The van der Waals surface area contributed by atoms with Crippen LogP contribution in [0.1, 0.15) is 10.4 Å². The fourth-order valence-corrected chi connectivity index (χ4v) is 2.19. The van der Waals surface area contributed by atoms with Gasteiger partial charge >= 0.3 is 5.97 Å². The molecule has 3 aromatic rings. The van der Waals surface area contributed by atoms with E-state index in [1.54, 1.807) is 6.20 Å². The molecule has 0 atom stereocenters. The molecular formula is C15H11NO2. The lowest BCUT2D eigenvalue weighted by atomic mass is 10.0. The molecule has 88 valence electrons. The second-order valence-electron chi connectivity index (χ2n) is 4.04. The summed E-state index contributed by atoms with van der Waals surface area (Å²) >= 11 is 0. The Kier molecular flexibility index (Phi) is 2.45. The van der Waals surface area contributed by atoms with E-state index in [1.807, 2.05) is 42.5 Å². The molecule has 3 rings (SSSR count). The number of benzene rings is 2. The van der Waals surface area contributed by atoms with E-state index in [0.29, 0.717) is 11.1 Å². The zero-order valence-corrected chi connectivity index (χ0v) is 9.88. The summed E-state index contributed by atoms with van der Waals surface area (Å²) in [4.78, 5) is 16.1. The van der Waals surface area contributed by atoms with E-state index >= 15 is 0 Å². The van der Waals surface area contributed by atoms with Gasteiger partial charge in [-0.15, -0.1) is 0 Å². The van der Waals surface area contributed by atoms with Crippen molar-refractivity contribution < 1.29 is 9.53 Å². The predicted molar refractivity (Wildman–Crippen MR) is 70.6 cm³/mol. The summed E-state index contributed by atoms with van der Waals surface area (Å²) in [6.45, 7) is 0. The quantitative estimate of drug-likeness (QED) is 0.482. The summed E-state index contributed by atoms with van der Waals surface area (Å²) in [7, 11) is 1.38. The Hall–Kier alpha value is -2.42. The Morgan fingerprint density at radius 3 is 2.72 bits per heavy atom. The van der Waals surface area contributed by atoms with Gasteiger partial charge in [-0.05, 0) is 22.9 Å². The summed E-state index contributed by atoms with van der Waals surface area (Å²) in [5.41, 5.74) is 1.19. The maximum atomic E-state index is 11.8. The monoisotopic (exact) mass is 237 g/mol. The predicted octanol–water partition coefficient (Wildman–Crippen LogP) is 3.17. The van der Waals surface area contributed by atoms with Crippen LogP contribution in [-0.2, 0) is 4.74 Å². The number of hydrogen-bond acceptors (Lipinski definition) is 3. The van der Waals surface area contributed by atoms with Gasteiger partial charge in [0.25, 0.3) is 0 Å². The van der Waals surface area contributed by atoms with Crippen molar-refractivity contribution in [2.45, 2.75) is 0 Å². The van der Waals surface area contributed by atoms with Gasteiger partial charge in [-0.3, -0.25) is 4.98 Å². The summed E-state index contributed by atoms with van der Waals surface area (Å²) < 4.78 is 4.81. The minimum atomic E-state index is -0.357. The van der Waals surface area contributed by atoms with E-state index in [-0.39, 0.29) is 5.97 Å². The summed E-state index contributed by atoms with van der Waals surface area (Å²) in [5.74, 6) is -0.357. The highest BCUT2D eigenvalue weighted by molar-refractivity contribution is 6.14. The molecule has 3 heteroatoms. The standard InChI is InChI=1S/C15H11NO2/c1-18-15(17)13-9-10-5-2-3-6-11(10)12-7-4-8-16-14(12)13/h2-9H,1H3. The van der Waals surface area contributed by atoms with Gasteiger partial charge in [-0.1, -0.05) is 30.3 Å². The van der Waals surface area contributed by atoms with Gasteiger partial charge in [0.15, 0.2) is 0 Å². The third-order valence-electron chi connectivity index (χ3n) is 3.02. The molecule has 0 saturated heterocycles. The van der Waals surface area contributed by atoms with Crippen molar-refractivity contribution in [3.8, 4) is 0 Å². The maximum Gasteiger partial charge on any atom is 0.340 e. The number of carbonyl (C=O) groups excluding carboxylic acids is 1. The van der Waals surface area contributed by atoms with Crippen molar-refractivity contribution in [2.24, 2.45) is 0 Å². The second kappa shape index (κ2) is 4.11. The van der Waals surface area contributed by atoms with Crippen molar-refractivity contribution in [1.82, 2.24) is 4.98 Å². The summed E-state index contributed by atoms with van der Waals surface area (Å²) in [5, 5.41) is 3.07. The van der Waals surface area contributed by atoms with Gasteiger partial charge in [0.1, 0.15) is 0 Å². The van der Waals surface area contributed by atoms with Gasteiger partial charge in [0.2, 0.25) is 0 Å². The van der Waals surface area contributed by atoms with Crippen molar-refractivity contribution >= 4 is 27.6 Å². The second-order valence-corrected chi connectivity index (χ2v) is 4.04. The van der Waals surface area contributed by atoms with Crippen LogP contribution in [0.3, 0.4) is 0 Å². The van der Waals surface area contributed by atoms with Gasteiger partial charge in [-0.2, -0.15) is 0 Å². The number of esters is 1. The number of aromatic nitrogens is 1. The molecule has 0 unspecified atom stereocenters. The van der Waals surface area contributed by atoms with Crippen molar-refractivity contribution in [3.05, 3.63) is 54.2 Å². The molecule has 18 heavy (non-hydrogen) atoms. The number of hydrogen-bond donors (Lipinski definition) is 0. The Labute approximate surface area is 104 Å². The third-order valence-corrected chi connectivity index (χ3v) is 3.02. The molecule has 3 nitrogen and oxygen atoms in total. The van der Waals surface area contributed by atoms with Crippen LogP contribution in [0.5, 0.6) is 0 Å². The molecule has 0 N–H and O–H groups in total. The van der Waals surface area contributed by atoms with Gasteiger partial charge in [0.05, 0.1) is 18.2 Å². The molecule has 0 bridgehead atoms. The minimum absolute atomic E-state index is 0.357. The average molecular weight is 237 g/mol. The third kappa shape index (κ3) is 1.52. The molecule has 0 aliphatic rings. The van der Waals surface area contributed by atoms with E-state index in [4.69, 9.17) is 4.74 Å². The van der Waals surface area contributed by atoms with Crippen LogP contribution in [0.15, 0.2) is 48.7 Å². The lowest BCUT2D eigenvalue weighted by Gasteiger charge is -2.07. The van der Waals surface area contributed by atoms with E-state index in [9.17, 15) is 4.79 Å². The summed E-state index contributed by atoms with van der Waals surface area (Å²) in [6.07, 6.45) is 1.68. The van der Waals surface area contributed by atoms with Gasteiger partial charge in [0, 0.05) is 11.6 Å². The highest BCUT2D eigenvalue weighted by atomic mass is 16.5. The molecule has 2 aromatic carbocycles. The zero-order chi connectivity index (χ0) is 12.5. The highest BCUT2D eigenvalue weighted by Gasteiger charge is 2.13. The van der Waals surface area contributed by atoms with Gasteiger partial charge < -0.3 is 4.74 Å². The van der Waals surface area contributed by atoms with Crippen LogP contribution in [0, 0.1) is 0 Å². The molecule has 0 spiro atoms. The Balaban J connectivity index is 2.50. The number of methoxy groups -OCH3 is 1. The van der Waals surface area contributed by atoms with Crippen LogP contribution < -0.4 is 0 Å². The topological polar surface area (TPSA) is 39.2 Å². The van der Waals surface area contributed by atoms with Crippen molar-refractivity contribution in [1.29, 1.82) is 0 Å². The normalized spacial score (nSPS) is 10.7. The van der Waals surface area contributed by atoms with E-state index < -0.39 is 0 Å². The number of nitrogens with zero attached hydrogens (tertiary/aromatic N) is 1. The van der Waals surface area contributed by atoms with Crippen molar-refractivity contribution in [2.75, 3.05) is 7.11 Å². The number of carbonyl (C=O) groups is 1. The number of pyridine rings is 1. The smallest absolute Gasteiger partial charge is 0.340 e. The fraction of sp³-hybridized carbons (Fsp3) is 0.0667. The molecule has 0 saturated carbocycles. The molecule has 0 amide bonds. The number of ether oxygens (including phenoxy) is 1. The molecule has 1 aromatic heterocycles. The van der Waals surface area contributed by atoms with E-state index in [1.165, 1.54) is 7.11 Å². The zero-order valence-electron chi connectivity index (χ0n) is 9.88. The average Bonchev–Trinajstić information content (AvgIpc) is 2.45. The molecular weight excluding hydrogens is 226 g/mol. The van der Waals surface area contributed by atoms with Crippen LogP contribution in [0.4, 0.5) is 0 Å². The van der Waals surface area contributed by atoms with Crippen LogP contribution in [-0.4, -0.2) is 18.1 Å². The van der Waals surface area contributed by atoms with Crippen LogP contribution in [0.25, 0.3) is 21.7 Å². The Morgan fingerprint density at radius 2 is 1.89 bits per heavy atom. The number of fused-ring (bicyclic) bond motifs is 3. The van der Waals surface area contributed by atoms with Gasteiger partial charge in [-0.25, -0.2) is 4.79 Å². The van der Waals surface area contributed by atoms with E-state index in [0.717, 1.165) is 16.2 Å². The maximum absolute atomic E-state index is 11.8.